The van der Waals surface area contributed by atoms with Crippen molar-refractivity contribution in [3.8, 4) is 0 Å². The van der Waals surface area contributed by atoms with Crippen molar-refractivity contribution in [2.24, 2.45) is 21.9 Å². The van der Waals surface area contributed by atoms with Crippen LogP contribution in [0.2, 0.25) is 0 Å². The lowest BCUT2D eigenvalue weighted by Gasteiger charge is -2.12. The smallest absolute Gasteiger partial charge is 0.0372 e. The zero-order chi connectivity index (χ0) is 9.90. The molecular weight excluding hydrogens is 162 g/mol. The van der Waals surface area contributed by atoms with E-state index in [4.69, 9.17) is 11.5 Å². The van der Waals surface area contributed by atoms with Crippen LogP contribution in [0.4, 0.5) is 0 Å². The van der Waals surface area contributed by atoms with E-state index in [2.05, 4.69) is 4.99 Å². The molecule has 0 atom stereocenters. The highest BCUT2D eigenvalue weighted by atomic mass is 14.7. The highest BCUT2D eigenvalue weighted by Crippen LogP contribution is 2.21. The van der Waals surface area contributed by atoms with Crippen molar-refractivity contribution >= 4 is 6.21 Å². The average Bonchev–Trinajstić information content (AvgIpc) is 2.11. The lowest BCUT2D eigenvalue weighted by Crippen LogP contribution is -2.11. The van der Waals surface area contributed by atoms with E-state index >= 15 is 0 Å². The lowest BCUT2D eigenvalue weighted by atomic mass is 9.93. The Morgan fingerprint density at radius 3 is 2.77 bits per heavy atom. The molecule has 0 aromatic heterocycles. The van der Waals surface area contributed by atoms with Crippen molar-refractivity contribution in [3.05, 3.63) is 35.8 Å². The maximum absolute atomic E-state index is 5.85. The van der Waals surface area contributed by atoms with E-state index in [-0.39, 0.29) is 5.41 Å². The number of nitrogens with two attached hydrogens (primary N) is 2. The molecule has 1 aliphatic rings. The number of hydrogen-bond donors (Lipinski definition) is 2. The van der Waals surface area contributed by atoms with Gasteiger partial charge in [-0.3, -0.25) is 4.99 Å². The molecule has 0 amide bonds. The second-order valence-corrected chi connectivity index (χ2v) is 3.64. The molecular formula is C10H15N3. The predicted molar refractivity (Wildman–Crippen MR) is 56.0 cm³/mol. The summed E-state index contributed by atoms with van der Waals surface area (Å²) >= 11 is 0. The molecule has 0 fully saturated rings. The number of aliphatic imine (C=N–C) groups is 1. The normalized spacial score (nSPS) is 21.1. The minimum Gasteiger partial charge on any atom is -0.405 e. The fraction of sp³-hybridized carbons (Fsp3) is 0.300. The van der Waals surface area contributed by atoms with Gasteiger partial charge in [-0.15, -0.1) is 0 Å². The quantitative estimate of drug-likeness (QED) is 0.634. The number of allylic oxidation sites excluding steroid dienone is 2. The van der Waals surface area contributed by atoms with E-state index in [9.17, 15) is 0 Å². The van der Waals surface area contributed by atoms with Crippen LogP contribution >= 0.6 is 0 Å². The Bertz CT molecular complexity index is 306. The summed E-state index contributed by atoms with van der Waals surface area (Å²) in [6.07, 6.45) is 8.74. The van der Waals surface area contributed by atoms with Crippen molar-refractivity contribution in [2.45, 2.75) is 13.8 Å². The van der Waals surface area contributed by atoms with E-state index in [1.54, 1.807) is 12.3 Å². The molecule has 0 saturated carbocycles. The first-order chi connectivity index (χ1) is 6.05. The molecule has 0 aromatic rings. The first-order valence-corrected chi connectivity index (χ1v) is 4.17. The fourth-order valence-corrected chi connectivity index (χ4v) is 1.15. The zero-order valence-corrected chi connectivity index (χ0v) is 7.99. The third-order valence-electron chi connectivity index (χ3n) is 1.76. The standard InChI is InChI=1S/C10H15N3/c1-10(2)5-9(12)8(3-4-11)6-13-7-10/h3-7H,11-12H2,1-2H3/b4-3-. The second-order valence-electron chi connectivity index (χ2n) is 3.64. The maximum atomic E-state index is 5.85. The summed E-state index contributed by atoms with van der Waals surface area (Å²) in [4.78, 5) is 4.15. The molecule has 1 heterocycles. The van der Waals surface area contributed by atoms with Crippen molar-refractivity contribution in [1.82, 2.24) is 0 Å². The molecule has 0 saturated heterocycles. The molecule has 13 heavy (non-hydrogen) atoms. The van der Waals surface area contributed by atoms with Crippen LogP contribution in [0.15, 0.2) is 40.8 Å². The second kappa shape index (κ2) is 3.47. The highest BCUT2D eigenvalue weighted by molar-refractivity contribution is 5.70. The highest BCUT2D eigenvalue weighted by Gasteiger charge is 2.14. The molecule has 1 rings (SSSR count). The third kappa shape index (κ3) is 2.47. The Balaban J connectivity index is 3.04. The molecule has 0 bridgehead atoms. The summed E-state index contributed by atoms with van der Waals surface area (Å²) in [6, 6.07) is 0. The van der Waals surface area contributed by atoms with E-state index < -0.39 is 0 Å². The van der Waals surface area contributed by atoms with Crippen LogP contribution in [0, 0.1) is 5.41 Å². The van der Waals surface area contributed by atoms with Gasteiger partial charge in [0.05, 0.1) is 0 Å². The molecule has 0 unspecified atom stereocenters. The Morgan fingerprint density at radius 2 is 2.15 bits per heavy atom. The summed E-state index contributed by atoms with van der Waals surface area (Å²) in [7, 11) is 0. The maximum Gasteiger partial charge on any atom is 0.0372 e. The number of nitrogens with zero attached hydrogens (tertiary/aromatic N) is 1. The molecule has 3 nitrogen and oxygen atoms in total. The van der Waals surface area contributed by atoms with Crippen LogP contribution in [-0.4, -0.2) is 6.21 Å². The van der Waals surface area contributed by atoms with Gasteiger partial charge in [0.2, 0.25) is 0 Å². The zero-order valence-electron chi connectivity index (χ0n) is 7.99. The Morgan fingerprint density at radius 1 is 1.46 bits per heavy atom. The molecule has 0 aliphatic carbocycles. The Hall–Kier alpha value is -1.51. The van der Waals surface area contributed by atoms with Gasteiger partial charge in [0.15, 0.2) is 0 Å². The van der Waals surface area contributed by atoms with Crippen molar-refractivity contribution < 1.29 is 0 Å². The molecule has 4 N–H and O–H groups in total. The molecule has 0 spiro atoms. The SMILES string of the molecule is CC1(C)C=NC=C(/C=C\N)C(N)=C1. The van der Waals surface area contributed by atoms with Gasteiger partial charge in [0, 0.05) is 29.1 Å². The van der Waals surface area contributed by atoms with Crippen LogP contribution in [0.25, 0.3) is 0 Å². The van der Waals surface area contributed by atoms with Gasteiger partial charge in [0.1, 0.15) is 0 Å². The fourth-order valence-electron chi connectivity index (χ4n) is 1.15. The van der Waals surface area contributed by atoms with Crippen LogP contribution in [0.5, 0.6) is 0 Å². The summed E-state index contributed by atoms with van der Waals surface area (Å²) < 4.78 is 0. The van der Waals surface area contributed by atoms with Crippen LogP contribution in [0.3, 0.4) is 0 Å². The van der Waals surface area contributed by atoms with Crippen molar-refractivity contribution in [3.63, 3.8) is 0 Å². The van der Waals surface area contributed by atoms with E-state index in [1.807, 2.05) is 26.1 Å². The number of rotatable bonds is 1. The summed E-state index contributed by atoms with van der Waals surface area (Å²) in [6.45, 7) is 4.10. The lowest BCUT2D eigenvalue weighted by molar-refractivity contribution is 0.689. The van der Waals surface area contributed by atoms with Crippen molar-refractivity contribution in [2.75, 3.05) is 0 Å². The van der Waals surface area contributed by atoms with Crippen molar-refractivity contribution in [1.29, 1.82) is 0 Å². The van der Waals surface area contributed by atoms with Gasteiger partial charge >= 0.3 is 0 Å². The molecule has 0 aromatic carbocycles. The van der Waals surface area contributed by atoms with Crippen LogP contribution in [0.1, 0.15) is 13.8 Å². The molecule has 70 valence electrons. The molecule has 3 heteroatoms. The van der Waals surface area contributed by atoms with E-state index in [0.29, 0.717) is 5.70 Å². The predicted octanol–water partition coefficient (Wildman–Crippen LogP) is 1.30. The largest absolute Gasteiger partial charge is 0.405 e. The van der Waals surface area contributed by atoms with Gasteiger partial charge in [-0.1, -0.05) is 13.8 Å². The van der Waals surface area contributed by atoms with Gasteiger partial charge in [-0.2, -0.15) is 0 Å². The average molecular weight is 177 g/mol. The monoisotopic (exact) mass is 177 g/mol. The van der Waals surface area contributed by atoms with Crippen LogP contribution in [-0.2, 0) is 0 Å². The van der Waals surface area contributed by atoms with Crippen LogP contribution < -0.4 is 11.5 Å². The first-order valence-electron chi connectivity index (χ1n) is 4.17. The first kappa shape index (κ1) is 9.58. The number of hydrogen-bond acceptors (Lipinski definition) is 3. The third-order valence-corrected chi connectivity index (χ3v) is 1.76. The summed E-state index contributed by atoms with van der Waals surface area (Å²) in [5.74, 6) is 0. The molecule has 0 radical (unpaired) electrons. The molecule has 1 aliphatic heterocycles. The Labute approximate surface area is 78.5 Å². The minimum atomic E-state index is -0.0925. The Kier molecular flexibility index (Phi) is 2.56. The topological polar surface area (TPSA) is 64.4 Å². The van der Waals surface area contributed by atoms with Gasteiger partial charge in [-0.05, 0) is 18.4 Å². The summed E-state index contributed by atoms with van der Waals surface area (Å²) in [5, 5.41) is 0. The minimum absolute atomic E-state index is 0.0925. The van der Waals surface area contributed by atoms with Gasteiger partial charge in [-0.25, -0.2) is 0 Å². The van der Waals surface area contributed by atoms with E-state index in [0.717, 1.165) is 5.57 Å². The van der Waals surface area contributed by atoms with E-state index in [1.165, 1.54) is 6.20 Å². The van der Waals surface area contributed by atoms with Gasteiger partial charge in [0.25, 0.3) is 0 Å². The van der Waals surface area contributed by atoms with Gasteiger partial charge < -0.3 is 11.5 Å². The summed E-state index contributed by atoms with van der Waals surface area (Å²) in [5.41, 5.74) is 12.6.